The molecule has 2 amide bonds. The minimum atomic E-state index is -0.371. The lowest BCUT2D eigenvalue weighted by atomic mass is 9.74. The Balaban J connectivity index is 1.40. The molecule has 154 valence electrons. The van der Waals surface area contributed by atoms with E-state index in [0.717, 1.165) is 57.5 Å². The lowest BCUT2D eigenvalue weighted by Gasteiger charge is -2.42. The summed E-state index contributed by atoms with van der Waals surface area (Å²) in [4.78, 5) is 29.4. The quantitative estimate of drug-likeness (QED) is 0.781. The van der Waals surface area contributed by atoms with Crippen molar-refractivity contribution in [1.82, 2.24) is 15.1 Å². The van der Waals surface area contributed by atoms with Crippen LogP contribution in [0.3, 0.4) is 0 Å². The van der Waals surface area contributed by atoms with Crippen molar-refractivity contribution in [3.63, 3.8) is 0 Å². The summed E-state index contributed by atoms with van der Waals surface area (Å²) in [6, 6.07) is 0.352. The highest BCUT2D eigenvalue weighted by Crippen LogP contribution is 2.33. The Morgan fingerprint density at radius 2 is 1.70 bits per heavy atom. The van der Waals surface area contributed by atoms with E-state index >= 15 is 0 Å². The third-order valence-electron chi connectivity index (χ3n) is 6.98. The molecular weight excluding hydrogens is 340 g/mol. The van der Waals surface area contributed by atoms with Gasteiger partial charge < -0.3 is 16.0 Å². The van der Waals surface area contributed by atoms with Gasteiger partial charge in [0, 0.05) is 37.8 Å². The highest BCUT2D eigenvalue weighted by molar-refractivity contribution is 5.81. The van der Waals surface area contributed by atoms with E-state index in [1.54, 1.807) is 0 Å². The fourth-order valence-corrected chi connectivity index (χ4v) is 4.99. The second-order valence-corrected chi connectivity index (χ2v) is 9.43. The van der Waals surface area contributed by atoms with Gasteiger partial charge in [0.2, 0.25) is 11.8 Å². The van der Waals surface area contributed by atoms with Crippen LogP contribution in [0, 0.1) is 11.8 Å². The molecule has 3 aliphatic rings. The summed E-state index contributed by atoms with van der Waals surface area (Å²) in [5.41, 5.74) is 6.04. The zero-order chi connectivity index (χ0) is 19.4. The van der Waals surface area contributed by atoms with Gasteiger partial charge in [0.25, 0.3) is 0 Å². The molecule has 0 aromatic rings. The molecule has 1 heterocycles. The van der Waals surface area contributed by atoms with Gasteiger partial charge in [0.05, 0.1) is 12.5 Å². The second kappa shape index (κ2) is 8.91. The number of rotatable bonds is 4. The summed E-state index contributed by atoms with van der Waals surface area (Å²) in [5.74, 6) is 1.11. The lowest BCUT2D eigenvalue weighted by molar-refractivity contribution is -0.140. The molecule has 0 spiro atoms. The van der Waals surface area contributed by atoms with Gasteiger partial charge in [-0.3, -0.25) is 14.5 Å². The normalized spacial score (nSPS) is 35.7. The van der Waals surface area contributed by atoms with Gasteiger partial charge in [0.1, 0.15) is 0 Å². The summed E-state index contributed by atoms with van der Waals surface area (Å²) >= 11 is 0. The van der Waals surface area contributed by atoms with Crippen LogP contribution in [0.4, 0.5) is 0 Å². The minimum absolute atomic E-state index is 0.0465. The van der Waals surface area contributed by atoms with Gasteiger partial charge in [-0.15, -0.1) is 0 Å². The van der Waals surface area contributed by atoms with Gasteiger partial charge >= 0.3 is 0 Å². The largest absolute Gasteiger partial charge is 0.352 e. The SMILES string of the molecule is CC1CCC(NC(=O)CN2CCN(C(=O)C3CCCCC3(C)N)CC2)CC1. The van der Waals surface area contributed by atoms with Crippen LogP contribution in [-0.4, -0.2) is 65.9 Å². The van der Waals surface area contributed by atoms with Crippen LogP contribution in [0.15, 0.2) is 0 Å². The highest BCUT2D eigenvalue weighted by Gasteiger charge is 2.40. The zero-order valence-electron chi connectivity index (χ0n) is 17.2. The Morgan fingerprint density at radius 3 is 2.33 bits per heavy atom. The van der Waals surface area contributed by atoms with Crippen molar-refractivity contribution in [2.45, 2.75) is 76.8 Å². The first-order valence-electron chi connectivity index (χ1n) is 10.9. The molecule has 6 heteroatoms. The summed E-state index contributed by atoms with van der Waals surface area (Å²) in [6.45, 7) is 7.73. The number of nitrogens with two attached hydrogens (primary N) is 1. The van der Waals surface area contributed by atoms with Crippen LogP contribution in [-0.2, 0) is 9.59 Å². The number of piperazine rings is 1. The number of carbonyl (C=O) groups is 2. The molecule has 3 fully saturated rings. The van der Waals surface area contributed by atoms with Crippen molar-refractivity contribution in [1.29, 1.82) is 0 Å². The molecule has 3 rings (SSSR count). The molecule has 2 atom stereocenters. The van der Waals surface area contributed by atoms with E-state index in [4.69, 9.17) is 5.73 Å². The Labute approximate surface area is 164 Å². The van der Waals surface area contributed by atoms with E-state index in [-0.39, 0.29) is 23.3 Å². The number of nitrogens with zero attached hydrogens (tertiary/aromatic N) is 2. The first-order chi connectivity index (χ1) is 12.8. The third kappa shape index (κ3) is 5.44. The number of hydrogen-bond acceptors (Lipinski definition) is 4. The maximum atomic E-state index is 12.9. The number of carbonyl (C=O) groups excluding carboxylic acids is 2. The maximum Gasteiger partial charge on any atom is 0.234 e. The Morgan fingerprint density at radius 1 is 1.04 bits per heavy atom. The molecule has 1 saturated heterocycles. The first kappa shape index (κ1) is 20.6. The van der Waals surface area contributed by atoms with Crippen molar-refractivity contribution >= 4 is 11.8 Å². The summed E-state index contributed by atoms with van der Waals surface area (Å²) in [6.07, 6.45) is 8.71. The molecule has 0 aromatic carbocycles. The van der Waals surface area contributed by atoms with Crippen LogP contribution < -0.4 is 11.1 Å². The Bertz CT molecular complexity index is 520. The Kier molecular flexibility index (Phi) is 6.79. The van der Waals surface area contributed by atoms with Crippen molar-refractivity contribution in [3.8, 4) is 0 Å². The fourth-order valence-electron chi connectivity index (χ4n) is 4.99. The average Bonchev–Trinajstić information content (AvgIpc) is 2.63. The number of amides is 2. The predicted octanol–water partition coefficient (Wildman–Crippen LogP) is 1.73. The standard InChI is InChI=1S/C21H38N4O2/c1-16-6-8-17(9-7-16)23-19(26)15-24-11-13-25(14-12-24)20(27)18-5-3-4-10-21(18,2)22/h16-18H,3-15,22H2,1-2H3,(H,23,26). The predicted molar refractivity (Wildman–Crippen MR) is 107 cm³/mol. The topological polar surface area (TPSA) is 78.7 Å². The van der Waals surface area contributed by atoms with Gasteiger partial charge in [-0.2, -0.15) is 0 Å². The lowest BCUT2D eigenvalue weighted by Crippen LogP contribution is -2.58. The molecule has 2 unspecified atom stereocenters. The van der Waals surface area contributed by atoms with E-state index in [2.05, 4.69) is 17.1 Å². The molecule has 6 nitrogen and oxygen atoms in total. The first-order valence-corrected chi connectivity index (χ1v) is 10.9. The molecule has 27 heavy (non-hydrogen) atoms. The molecule has 2 aliphatic carbocycles. The van der Waals surface area contributed by atoms with Crippen LogP contribution in [0.2, 0.25) is 0 Å². The number of hydrogen-bond donors (Lipinski definition) is 2. The van der Waals surface area contributed by atoms with Gasteiger partial charge in [-0.1, -0.05) is 19.8 Å². The summed E-state index contributed by atoms with van der Waals surface area (Å²) < 4.78 is 0. The van der Waals surface area contributed by atoms with E-state index < -0.39 is 0 Å². The second-order valence-electron chi connectivity index (χ2n) is 9.43. The molecule has 0 bridgehead atoms. The molecule has 0 aromatic heterocycles. The minimum Gasteiger partial charge on any atom is -0.352 e. The smallest absolute Gasteiger partial charge is 0.234 e. The number of nitrogens with one attached hydrogen (secondary N) is 1. The molecular formula is C21H38N4O2. The van der Waals surface area contributed by atoms with Gasteiger partial charge in [-0.25, -0.2) is 0 Å². The van der Waals surface area contributed by atoms with Crippen molar-refractivity contribution in [2.24, 2.45) is 17.6 Å². The summed E-state index contributed by atoms with van der Waals surface area (Å²) in [7, 11) is 0. The maximum absolute atomic E-state index is 12.9. The average molecular weight is 379 g/mol. The molecule has 3 N–H and O–H groups in total. The van der Waals surface area contributed by atoms with E-state index in [0.29, 0.717) is 25.7 Å². The summed E-state index contributed by atoms with van der Waals surface area (Å²) in [5, 5.41) is 3.21. The molecule has 1 aliphatic heterocycles. The monoisotopic (exact) mass is 378 g/mol. The van der Waals surface area contributed by atoms with Crippen molar-refractivity contribution in [3.05, 3.63) is 0 Å². The van der Waals surface area contributed by atoms with Gasteiger partial charge in [0.15, 0.2) is 0 Å². The van der Waals surface area contributed by atoms with Crippen LogP contribution in [0.1, 0.15) is 65.2 Å². The van der Waals surface area contributed by atoms with Crippen molar-refractivity contribution < 1.29 is 9.59 Å². The van der Waals surface area contributed by atoms with Crippen LogP contribution in [0.25, 0.3) is 0 Å². The fraction of sp³-hybridized carbons (Fsp3) is 0.905. The van der Waals surface area contributed by atoms with E-state index in [1.165, 1.54) is 12.8 Å². The van der Waals surface area contributed by atoms with Gasteiger partial charge in [-0.05, 0) is 51.4 Å². The molecule has 0 radical (unpaired) electrons. The van der Waals surface area contributed by atoms with Crippen molar-refractivity contribution in [2.75, 3.05) is 32.7 Å². The zero-order valence-corrected chi connectivity index (χ0v) is 17.2. The van der Waals surface area contributed by atoms with E-state index in [1.807, 2.05) is 11.8 Å². The van der Waals surface area contributed by atoms with E-state index in [9.17, 15) is 9.59 Å². The third-order valence-corrected chi connectivity index (χ3v) is 6.98. The Hall–Kier alpha value is -1.14. The van der Waals surface area contributed by atoms with Crippen LogP contribution in [0.5, 0.6) is 0 Å². The highest BCUT2D eigenvalue weighted by atomic mass is 16.2. The van der Waals surface area contributed by atoms with Crippen LogP contribution >= 0.6 is 0 Å². The molecule has 2 saturated carbocycles.